The summed E-state index contributed by atoms with van der Waals surface area (Å²) in [7, 11) is 0. The summed E-state index contributed by atoms with van der Waals surface area (Å²) in [5.74, 6) is 1.61. The standard InChI is InChI=1S/C23H21N3/c1-16-12-14-19(15-13-16)22-25-21-11-7-6-10-20(21)23(26-22)24-17(2)18-8-4-3-5-9-18/h3-15,17H,1-2H3,(H,24,25,26). The van der Waals surface area contributed by atoms with E-state index in [2.05, 4.69) is 73.8 Å². The van der Waals surface area contributed by atoms with Crippen molar-refractivity contribution < 1.29 is 0 Å². The van der Waals surface area contributed by atoms with E-state index < -0.39 is 0 Å². The van der Waals surface area contributed by atoms with Gasteiger partial charge in [0.1, 0.15) is 5.82 Å². The highest BCUT2D eigenvalue weighted by Crippen LogP contribution is 2.27. The number of nitrogens with one attached hydrogen (secondary N) is 1. The van der Waals surface area contributed by atoms with E-state index in [0.29, 0.717) is 0 Å². The van der Waals surface area contributed by atoms with E-state index in [0.717, 1.165) is 28.1 Å². The lowest BCUT2D eigenvalue weighted by molar-refractivity contribution is 0.876. The minimum atomic E-state index is 0.153. The Labute approximate surface area is 153 Å². The second-order valence-electron chi connectivity index (χ2n) is 6.56. The lowest BCUT2D eigenvalue weighted by Crippen LogP contribution is -2.09. The van der Waals surface area contributed by atoms with Gasteiger partial charge in [-0.1, -0.05) is 72.3 Å². The molecule has 4 rings (SSSR count). The Hall–Kier alpha value is -3.20. The Bertz CT molecular complexity index is 1020. The van der Waals surface area contributed by atoms with Crippen molar-refractivity contribution in [3.8, 4) is 11.4 Å². The van der Waals surface area contributed by atoms with Gasteiger partial charge in [0.2, 0.25) is 0 Å². The molecule has 0 saturated heterocycles. The fraction of sp³-hybridized carbons (Fsp3) is 0.130. The van der Waals surface area contributed by atoms with E-state index in [9.17, 15) is 0 Å². The van der Waals surface area contributed by atoms with Crippen LogP contribution in [0.3, 0.4) is 0 Å². The van der Waals surface area contributed by atoms with Crippen molar-refractivity contribution in [2.75, 3.05) is 5.32 Å². The highest BCUT2D eigenvalue weighted by atomic mass is 15.0. The van der Waals surface area contributed by atoms with Gasteiger partial charge >= 0.3 is 0 Å². The Morgan fingerprint density at radius 1 is 0.769 bits per heavy atom. The van der Waals surface area contributed by atoms with Crippen molar-refractivity contribution in [2.45, 2.75) is 19.9 Å². The zero-order chi connectivity index (χ0) is 17.9. The van der Waals surface area contributed by atoms with E-state index >= 15 is 0 Å². The summed E-state index contributed by atoms with van der Waals surface area (Å²) < 4.78 is 0. The largest absolute Gasteiger partial charge is 0.363 e. The Balaban J connectivity index is 1.78. The summed E-state index contributed by atoms with van der Waals surface area (Å²) in [6.45, 7) is 4.23. The molecule has 0 spiro atoms. The molecule has 0 bridgehead atoms. The predicted octanol–water partition coefficient (Wildman–Crippen LogP) is 5.78. The third-order valence-corrected chi connectivity index (χ3v) is 4.57. The first-order chi connectivity index (χ1) is 12.7. The van der Waals surface area contributed by atoms with Crippen LogP contribution in [0.25, 0.3) is 22.3 Å². The van der Waals surface area contributed by atoms with E-state index in [4.69, 9.17) is 9.97 Å². The van der Waals surface area contributed by atoms with Gasteiger partial charge in [-0.05, 0) is 31.5 Å². The minimum Gasteiger partial charge on any atom is -0.363 e. The molecule has 0 aliphatic rings. The van der Waals surface area contributed by atoms with Crippen LogP contribution >= 0.6 is 0 Å². The molecule has 26 heavy (non-hydrogen) atoms. The molecule has 0 aliphatic carbocycles. The first-order valence-corrected chi connectivity index (χ1v) is 8.86. The van der Waals surface area contributed by atoms with Crippen molar-refractivity contribution in [3.05, 3.63) is 90.0 Å². The zero-order valence-electron chi connectivity index (χ0n) is 15.0. The third kappa shape index (κ3) is 3.29. The summed E-state index contributed by atoms with van der Waals surface area (Å²) in [4.78, 5) is 9.61. The van der Waals surface area contributed by atoms with Gasteiger partial charge in [-0.15, -0.1) is 0 Å². The fourth-order valence-electron chi connectivity index (χ4n) is 3.05. The molecule has 1 heterocycles. The molecule has 0 saturated carbocycles. The van der Waals surface area contributed by atoms with Crippen molar-refractivity contribution >= 4 is 16.7 Å². The molecule has 3 aromatic carbocycles. The summed E-state index contributed by atoms with van der Waals surface area (Å²) in [6.07, 6.45) is 0. The molecule has 0 aliphatic heterocycles. The molecule has 0 fully saturated rings. The Morgan fingerprint density at radius 3 is 2.23 bits per heavy atom. The monoisotopic (exact) mass is 339 g/mol. The summed E-state index contributed by atoms with van der Waals surface area (Å²) in [6, 6.07) is 27.0. The second-order valence-corrected chi connectivity index (χ2v) is 6.56. The predicted molar refractivity (Wildman–Crippen MR) is 108 cm³/mol. The third-order valence-electron chi connectivity index (χ3n) is 4.57. The van der Waals surface area contributed by atoms with Crippen LogP contribution in [-0.4, -0.2) is 9.97 Å². The molecule has 1 unspecified atom stereocenters. The van der Waals surface area contributed by atoms with Gasteiger partial charge in [0.05, 0.1) is 5.52 Å². The highest BCUT2D eigenvalue weighted by Gasteiger charge is 2.12. The van der Waals surface area contributed by atoms with Gasteiger partial charge in [0, 0.05) is 17.0 Å². The molecule has 128 valence electrons. The van der Waals surface area contributed by atoms with Crippen LogP contribution in [0.4, 0.5) is 5.82 Å². The first-order valence-electron chi connectivity index (χ1n) is 8.86. The Morgan fingerprint density at radius 2 is 1.46 bits per heavy atom. The zero-order valence-corrected chi connectivity index (χ0v) is 15.0. The van der Waals surface area contributed by atoms with E-state index in [1.807, 2.05) is 24.3 Å². The SMILES string of the molecule is Cc1ccc(-c2nc(NC(C)c3ccccc3)c3ccccc3n2)cc1. The van der Waals surface area contributed by atoms with Crippen molar-refractivity contribution in [1.82, 2.24) is 9.97 Å². The van der Waals surface area contributed by atoms with Crippen LogP contribution < -0.4 is 5.32 Å². The number of aryl methyl sites for hydroxylation is 1. The van der Waals surface area contributed by atoms with Crippen LogP contribution in [0, 0.1) is 6.92 Å². The summed E-state index contributed by atoms with van der Waals surface area (Å²) in [5, 5.41) is 4.61. The van der Waals surface area contributed by atoms with Crippen molar-refractivity contribution in [3.63, 3.8) is 0 Å². The van der Waals surface area contributed by atoms with Gasteiger partial charge in [-0.25, -0.2) is 9.97 Å². The normalized spacial score (nSPS) is 12.1. The number of benzene rings is 3. The van der Waals surface area contributed by atoms with Gasteiger partial charge in [-0.3, -0.25) is 0 Å². The lowest BCUT2D eigenvalue weighted by atomic mass is 10.1. The molecule has 3 nitrogen and oxygen atoms in total. The van der Waals surface area contributed by atoms with Crippen molar-refractivity contribution in [2.24, 2.45) is 0 Å². The quantitative estimate of drug-likeness (QED) is 0.512. The maximum atomic E-state index is 4.84. The number of aromatic nitrogens is 2. The molecular formula is C23H21N3. The van der Waals surface area contributed by atoms with Crippen LogP contribution in [0.1, 0.15) is 24.1 Å². The number of para-hydroxylation sites is 1. The Kier molecular flexibility index (Phi) is 4.36. The van der Waals surface area contributed by atoms with Gasteiger partial charge in [0.15, 0.2) is 5.82 Å². The van der Waals surface area contributed by atoms with Gasteiger partial charge in [0.25, 0.3) is 0 Å². The van der Waals surface area contributed by atoms with E-state index in [-0.39, 0.29) is 6.04 Å². The summed E-state index contributed by atoms with van der Waals surface area (Å²) >= 11 is 0. The molecule has 1 aromatic heterocycles. The maximum Gasteiger partial charge on any atom is 0.162 e. The number of nitrogens with zero attached hydrogens (tertiary/aromatic N) is 2. The molecule has 4 aromatic rings. The molecule has 3 heteroatoms. The van der Waals surface area contributed by atoms with Crippen molar-refractivity contribution in [1.29, 1.82) is 0 Å². The average Bonchev–Trinajstić information content (AvgIpc) is 2.69. The highest BCUT2D eigenvalue weighted by molar-refractivity contribution is 5.90. The van der Waals surface area contributed by atoms with Crippen LogP contribution in [0.15, 0.2) is 78.9 Å². The molecular weight excluding hydrogens is 318 g/mol. The average molecular weight is 339 g/mol. The summed E-state index contributed by atoms with van der Waals surface area (Å²) in [5.41, 5.74) is 4.43. The minimum absolute atomic E-state index is 0.153. The number of anilines is 1. The van der Waals surface area contributed by atoms with Crippen LogP contribution in [-0.2, 0) is 0 Å². The van der Waals surface area contributed by atoms with E-state index in [1.165, 1.54) is 11.1 Å². The molecule has 0 radical (unpaired) electrons. The number of hydrogen-bond donors (Lipinski definition) is 1. The number of hydrogen-bond acceptors (Lipinski definition) is 3. The van der Waals surface area contributed by atoms with E-state index in [1.54, 1.807) is 0 Å². The van der Waals surface area contributed by atoms with Gasteiger partial charge in [-0.2, -0.15) is 0 Å². The first kappa shape index (κ1) is 16.3. The van der Waals surface area contributed by atoms with Gasteiger partial charge < -0.3 is 5.32 Å². The topological polar surface area (TPSA) is 37.8 Å². The van der Waals surface area contributed by atoms with Crippen LogP contribution in [0.5, 0.6) is 0 Å². The van der Waals surface area contributed by atoms with Crippen LogP contribution in [0.2, 0.25) is 0 Å². The maximum absolute atomic E-state index is 4.84. The molecule has 1 N–H and O–H groups in total. The fourth-order valence-corrected chi connectivity index (χ4v) is 3.05. The molecule has 0 amide bonds. The second kappa shape index (κ2) is 6.96. The number of fused-ring (bicyclic) bond motifs is 1. The molecule has 1 atom stereocenters. The lowest BCUT2D eigenvalue weighted by Gasteiger charge is -2.17. The smallest absolute Gasteiger partial charge is 0.162 e. The number of rotatable bonds is 4.